The van der Waals surface area contributed by atoms with E-state index in [9.17, 15) is 14.4 Å². The highest BCUT2D eigenvalue weighted by atomic mass is 35.5. The quantitative estimate of drug-likeness (QED) is 0.186. The number of halogens is 1. The molecule has 35 heavy (non-hydrogen) atoms. The van der Waals surface area contributed by atoms with E-state index in [4.69, 9.17) is 21.3 Å². The molecule has 5 rings (SSSR count). The molecular weight excluding hydrogens is 506 g/mol. The summed E-state index contributed by atoms with van der Waals surface area (Å²) in [6.45, 7) is 0.876. The van der Waals surface area contributed by atoms with E-state index in [0.717, 1.165) is 11.1 Å². The lowest BCUT2D eigenvalue weighted by Gasteiger charge is -2.15. The minimum atomic E-state index is -0.297. The van der Waals surface area contributed by atoms with Crippen molar-refractivity contribution in [1.82, 2.24) is 14.5 Å². The van der Waals surface area contributed by atoms with Crippen molar-refractivity contribution >= 4 is 56.7 Å². The van der Waals surface area contributed by atoms with Gasteiger partial charge in [0.2, 0.25) is 0 Å². The maximum atomic E-state index is 13.6. The molecule has 0 spiro atoms. The fourth-order valence-corrected chi connectivity index (χ4v) is 6.21. The van der Waals surface area contributed by atoms with E-state index in [2.05, 4.69) is 0 Å². The lowest BCUT2D eigenvalue weighted by Crippen LogP contribution is -2.32. The van der Waals surface area contributed by atoms with Crippen LogP contribution >= 0.6 is 34.7 Å². The van der Waals surface area contributed by atoms with Crippen LogP contribution in [-0.2, 0) is 11.3 Å². The Morgan fingerprint density at radius 2 is 1.60 bits per heavy atom. The van der Waals surface area contributed by atoms with E-state index in [1.807, 2.05) is 23.6 Å². The summed E-state index contributed by atoms with van der Waals surface area (Å²) in [4.78, 5) is 45.5. The van der Waals surface area contributed by atoms with E-state index >= 15 is 0 Å². The number of aromatic nitrogens is 2. The molecule has 0 atom stereocenters. The monoisotopic (exact) mass is 525 g/mol. The number of hydrogen-bond acceptors (Lipinski definition) is 7. The number of fused-ring (bicyclic) bond motifs is 2. The number of rotatable bonds is 8. The number of carbonyl (C=O) groups is 2. The van der Waals surface area contributed by atoms with Crippen molar-refractivity contribution in [3.8, 4) is 11.1 Å². The minimum Gasteiger partial charge on any atom is -0.383 e. The Bertz CT molecular complexity index is 1480. The molecule has 10 heteroatoms. The maximum absolute atomic E-state index is 13.6. The summed E-state index contributed by atoms with van der Waals surface area (Å²) in [5.74, 6) is -0.192. The highest BCUT2D eigenvalue weighted by Crippen LogP contribution is 2.36. The maximum Gasteiger partial charge on any atom is 0.263 e. The fourth-order valence-electron chi connectivity index (χ4n) is 4.04. The van der Waals surface area contributed by atoms with Gasteiger partial charge in [0.15, 0.2) is 5.16 Å². The Morgan fingerprint density at radius 3 is 2.26 bits per heavy atom. The molecule has 4 aromatic rings. The van der Waals surface area contributed by atoms with Crippen LogP contribution in [-0.4, -0.2) is 52.3 Å². The lowest BCUT2D eigenvalue weighted by molar-refractivity contribution is 0.0664. The molecule has 3 heterocycles. The Hall–Kier alpha value is -2.98. The van der Waals surface area contributed by atoms with Crippen LogP contribution in [0.4, 0.5) is 0 Å². The van der Waals surface area contributed by atoms with Gasteiger partial charge in [0.1, 0.15) is 4.83 Å². The molecule has 0 radical (unpaired) electrons. The summed E-state index contributed by atoms with van der Waals surface area (Å²) in [7, 11) is 1.58. The zero-order valence-corrected chi connectivity index (χ0v) is 21.1. The van der Waals surface area contributed by atoms with Crippen molar-refractivity contribution in [2.75, 3.05) is 26.0 Å². The van der Waals surface area contributed by atoms with Gasteiger partial charge in [-0.25, -0.2) is 4.98 Å². The van der Waals surface area contributed by atoms with Crippen LogP contribution in [0.15, 0.2) is 63.9 Å². The third-order valence-corrected chi connectivity index (χ3v) is 7.92. The first-order valence-electron chi connectivity index (χ1n) is 10.8. The minimum absolute atomic E-state index is 0.175. The van der Waals surface area contributed by atoms with Crippen molar-refractivity contribution in [3.63, 3.8) is 0 Å². The van der Waals surface area contributed by atoms with Gasteiger partial charge < -0.3 is 4.74 Å². The van der Waals surface area contributed by atoms with Crippen LogP contribution in [0.25, 0.3) is 21.3 Å². The van der Waals surface area contributed by atoms with E-state index in [0.29, 0.717) is 50.4 Å². The SMILES string of the molecule is COCCn1c(SCCN2C(=O)c3ccccc3C2=O)nc2scc(-c3ccccc3Cl)c2c1=O. The molecule has 1 aliphatic heterocycles. The van der Waals surface area contributed by atoms with E-state index < -0.39 is 0 Å². The zero-order valence-electron chi connectivity index (χ0n) is 18.7. The lowest BCUT2D eigenvalue weighted by atomic mass is 10.1. The predicted molar refractivity (Wildman–Crippen MR) is 139 cm³/mol. The number of hydrogen-bond donors (Lipinski definition) is 0. The predicted octanol–water partition coefficient (Wildman–Crippen LogP) is 4.81. The standard InChI is InChI=1S/C25H20ClN3O4S2/c1-33-12-10-29-24(32)20-18(15-6-4-5-9-19(15)26)14-35-21(20)27-25(29)34-13-11-28-22(30)16-7-2-3-8-17(16)23(28)31/h2-9,14H,10-13H2,1H3. The van der Waals surface area contributed by atoms with Crippen LogP contribution in [0, 0.1) is 0 Å². The molecule has 2 aromatic carbocycles. The molecule has 0 N–H and O–H groups in total. The molecule has 0 saturated heterocycles. The molecular formula is C25H20ClN3O4S2. The van der Waals surface area contributed by atoms with E-state index in [1.54, 1.807) is 42.0 Å². The van der Waals surface area contributed by atoms with Crippen molar-refractivity contribution in [2.24, 2.45) is 0 Å². The number of nitrogens with zero attached hydrogens (tertiary/aromatic N) is 3. The third kappa shape index (κ3) is 4.29. The summed E-state index contributed by atoms with van der Waals surface area (Å²) < 4.78 is 6.81. The second-order valence-corrected chi connectivity index (χ2v) is 10.1. The van der Waals surface area contributed by atoms with Gasteiger partial charge in [-0.3, -0.25) is 23.9 Å². The number of benzene rings is 2. The summed E-state index contributed by atoms with van der Waals surface area (Å²) in [5.41, 5.74) is 2.20. The highest BCUT2D eigenvalue weighted by molar-refractivity contribution is 7.99. The number of thiophene rings is 1. The number of imide groups is 1. The number of thioether (sulfide) groups is 1. The van der Waals surface area contributed by atoms with E-state index in [-0.39, 0.29) is 23.9 Å². The van der Waals surface area contributed by atoms with Gasteiger partial charge in [0.25, 0.3) is 17.4 Å². The molecule has 2 amide bonds. The molecule has 0 unspecified atom stereocenters. The first-order chi connectivity index (χ1) is 17.0. The third-order valence-electron chi connectivity index (χ3n) is 5.77. The van der Waals surface area contributed by atoms with Crippen LogP contribution in [0.1, 0.15) is 20.7 Å². The Labute approximate surface area is 214 Å². The van der Waals surface area contributed by atoms with Gasteiger partial charge >= 0.3 is 0 Å². The first-order valence-corrected chi connectivity index (χ1v) is 13.1. The number of carbonyl (C=O) groups excluding carboxylic acids is 2. The Morgan fingerprint density at radius 1 is 0.943 bits per heavy atom. The zero-order chi connectivity index (χ0) is 24.5. The first kappa shape index (κ1) is 23.7. The molecule has 0 saturated carbocycles. The summed E-state index contributed by atoms with van der Waals surface area (Å²) in [6, 6.07) is 14.2. The smallest absolute Gasteiger partial charge is 0.263 e. The number of methoxy groups -OCH3 is 1. The molecule has 7 nitrogen and oxygen atoms in total. The Kier molecular flexibility index (Phi) is 6.75. The normalized spacial score (nSPS) is 13.1. The van der Waals surface area contributed by atoms with Gasteiger partial charge in [-0.05, 0) is 18.2 Å². The van der Waals surface area contributed by atoms with Crippen molar-refractivity contribution < 1.29 is 14.3 Å². The van der Waals surface area contributed by atoms with Crippen LogP contribution in [0.2, 0.25) is 5.02 Å². The van der Waals surface area contributed by atoms with Gasteiger partial charge in [0.05, 0.1) is 29.7 Å². The van der Waals surface area contributed by atoms with E-state index in [1.165, 1.54) is 28.0 Å². The number of amides is 2. The van der Waals surface area contributed by atoms with Gasteiger partial charge in [-0.2, -0.15) is 0 Å². The van der Waals surface area contributed by atoms with Crippen LogP contribution in [0.3, 0.4) is 0 Å². The molecule has 0 fully saturated rings. The topological polar surface area (TPSA) is 81.5 Å². The van der Waals surface area contributed by atoms with Crippen molar-refractivity contribution in [3.05, 3.63) is 80.4 Å². The van der Waals surface area contributed by atoms with Crippen molar-refractivity contribution in [1.29, 1.82) is 0 Å². The number of ether oxygens (including phenoxy) is 1. The summed E-state index contributed by atoms with van der Waals surface area (Å²) in [6.07, 6.45) is 0. The molecule has 0 aliphatic carbocycles. The second kappa shape index (κ2) is 9.94. The summed E-state index contributed by atoms with van der Waals surface area (Å²) >= 11 is 9.12. The van der Waals surface area contributed by atoms with Crippen molar-refractivity contribution in [2.45, 2.75) is 11.7 Å². The van der Waals surface area contributed by atoms with Gasteiger partial charge in [-0.1, -0.05) is 53.7 Å². The molecule has 2 aromatic heterocycles. The summed E-state index contributed by atoms with van der Waals surface area (Å²) in [5, 5.41) is 3.50. The largest absolute Gasteiger partial charge is 0.383 e. The molecule has 0 bridgehead atoms. The van der Waals surface area contributed by atoms with Gasteiger partial charge in [-0.15, -0.1) is 11.3 Å². The van der Waals surface area contributed by atoms with Crippen LogP contribution < -0.4 is 5.56 Å². The van der Waals surface area contributed by atoms with Gasteiger partial charge in [0, 0.05) is 40.9 Å². The Balaban J connectivity index is 1.44. The second-order valence-electron chi connectivity index (χ2n) is 7.81. The molecule has 178 valence electrons. The average Bonchev–Trinajstić information content (AvgIpc) is 3.39. The van der Waals surface area contributed by atoms with Crippen LogP contribution in [0.5, 0.6) is 0 Å². The highest BCUT2D eigenvalue weighted by Gasteiger charge is 2.34. The molecule has 1 aliphatic rings. The fraction of sp³-hybridized carbons (Fsp3) is 0.200. The average molecular weight is 526 g/mol.